The van der Waals surface area contributed by atoms with E-state index in [0.29, 0.717) is 11.6 Å². The molecule has 25 heavy (non-hydrogen) atoms. The smallest absolute Gasteiger partial charge is 0.118 e. The molecular formula is C20H25ClN2O2. The molecule has 1 N–H and O–H groups in total. The summed E-state index contributed by atoms with van der Waals surface area (Å²) in [6.45, 7) is 5.49. The van der Waals surface area contributed by atoms with E-state index >= 15 is 0 Å². The van der Waals surface area contributed by atoms with Crippen molar-refractivity contribution in [2.45, 2.75) is 12.6 Å². The first kappa shape index (κ1) is 18.2. The molecule has 2 aromatic rings. The minimum absolute atomic E-state index is 0.540. The van der Waals surface area contributed by atoms with Gasteiger partial charge < -0.3 is 9.84 Å². The number of hydrogen-bond acceptors (Lipinski definition) is 4. The summed E-state index contributed by atoms with van der Waals surface area (Å²) in [7, 11) is 1.69. The molecule has 0 spiro atoms. The van der Waals surface area contributed by atoms with Crippen molar-refractivity contribution in [3.8, 4) is 5.75 Å². The number of hydrogen-bond donors (Lipinski definition) is 1. The summed E-state index contributed by atoms with van der Waals surface area (Å²) < 4.78 is 5.20. The van der Waals surface area contributed by atoms with Gasteiger partial charge in [0.1, 0.15) is 5.75 Å². The van der Waals surface area contributed by atoms with E-state index in [1.807, 2.05) is 36.4 Å². The quantitative estimate of drug-likeness (QED) is 0.858. The second-order valence-corrected chi connectivity index (χ2v) is 6.87. The molecule has 2 aromatic carbocycles. The summed E-state index contributed by atoms with van der Waals surface area (Å²) in [6.07, 6.45) is -0.540. The highest BCUT2D eigenvalue weighted by Gasteiger charge is 2.21. The summed E-state index contributed by atoms with van der Waals surface area (Å²) in [4.78, 5) is 4.75. The highest BCUT2D eigenvalue weighted by Crippen LogP contribution is 2.23. The van der Waals surface area contributed by atoms with Crippen molar-refractivity contribution < 1.29 is 9.84 Å². The molecule has 0 radical (unpaired) electrons. The van der Waals surface area contributed by atoms with Crippen molar-refractivity contribution in [1.82, 2.24) is 9.80 Å². The molecule has 0 saturated carbocycles. The molecule has 0 unspecified atom stereocenters. The van der Waals surface area contributed by atoms with Gasteiger partial charge in [-0.05, 0) is 23.8 Å². The Morgan fingerprint density at radius 1 is 1.00 bits per heavy atom. The highest BCUT2D eigenvalue weighted by atomic mass is 35.5. The summed E-state index contributed by atoms with van der Waals surface area (Å²) in [6, 6.07) is 15.8. The van der Waals surface area contributed by atoms with Crippen LogP contribution < -0.4 is 4.74 Å². The molecule has 1 aliphatic heterocycles. The molecule has 0 amide bonds. The fraction of sp³-hybridized carbons (Fsp3) is 0.400. The van der Waals surface area contributed by atoms with Crippen LogP contribution in [0.5, 0.6) is 5.75 Å². The molecular weight excluding hydrogens is 336 g/mol. The normalized spacial score (nSPS) is 17.4. The van der Waals surface area contributed by atoms with Crippen LogP contribution in [-0.2, 0) is 6.54 Å². The van der Waals surface area contributed by atoms with Crippen molar-refractivity contribution in [3.63, 3.8) is 0 Å². The maximum absolute atomic E-state index is 10.5. The first-order chi connectivity index (χ1) is 12.2. The van der Waals surface area contributed by atoms with Gasteiger partial charge >= 0.3 is 0 Å². The van der Waals surface area contributed by atoms with Crippen molar-refractivity contribution in [2.24, 2.45) is 0 Å². The molecule has 1 saturated heterocycles. The maximum Gasteiger partial charge on any atom is 0.118 e. The van der Waals surface area contributed by atoms with Crippen molar-refractivity contribution in [2.75, 3.05) is 39.8 Å². The molecule has 5 heteroatoms. The Morgan fingerprint density at radius 2 is 1.64 bits per heavy atom. The number of aliphatic hydroxyl groups excluding tert-OH is 1. The standard InChI is InChI=1S/C20H25ClN2O2/c1-25-17-8-6-16(7-9-17)14-22-10-12-23(13-11-22)15-20(24)18-4-2-3-5-19(18)21/h2-9,20,24H,10-15H2,1H3/t20-/m0/s1. The largest absolute Gasteiger partial charge is 0.497 e. The Labute approximate surface area is 154 Å². The van der Waals surface area contributed by atoms with E-state index < -0.39 is 6.10 Å². The van der Waals surface area contributed by atoms with Gasteiger partial charge in [-0.3, -0.25) is 9.80 Å². The van der Waals surface area contributed by atoms with Gasteiger partial charge in [0.15, 0.2) is 0 Å². The van der Waals surface area contributed by atoms with E-state index in [0.717, 1.165) is 44.0 Å². The van der Waals surface area contributed by atoms with Crippen LogP contribution in [0.25, 0.3) is 0 Å². The molecule has 1 atom stereocenters. The Morgan fingerprint density at radius 3 is 2.28 bits per heavy atom. The van der Waals surface area contributed by atoms with E-state index in [4.69, 9.17) is 16.3 Å². The molecule has 134 valence electrons. The number of methoxy groups -OCH3 is 1. The summed E-state index contributed by atoms with van der Waals surface area (Å²) >= 11 is 6.18. The maximum atomic E-state index is 10.5. The number of β-amino-alcohol motifs (C(OH)–C–C–N with tert-alkyl or cyclic N) is 1. The Balaban J connectivity index is 1.47. The van der Waals surface area contributed by atoms with Crippen LogP contribution >= 0.6 is 11.6 Å². The third kappa shape index (κ3) is 4.95. The average molecular weight is 361 g/mol. The first-order valence-electron chi connectivity index (χ1n) is 8.66. The molecule has 0 aliphatic carbocycles. The number of rotatable bonds is 6. The van der Waals surface area contributed by atoms with Gasteiger partial charge in [-0.1, -0.05) is 41.9 Å². The lowest BCUT2D eigenvalue weighted by molar-refractivity contribution is 0.0701. The molecule has 4 nitrogen and oxygen atoms in total. The Hall–Kier alpha value is -1.59. The third-order valence-electron chi connectivity index (χ3n) is 4.73. The van der Waals surface area contributed by atoms with Crippen LogP contribution in [0.1, 0.15) is 17.2 Å². The number of nitrogens with zero attached hydrogens (tertiary/aromatic N) is 2. The third-order valence-corrected chi connectivity index (χ3v) is 5.07. The van der Waals surface area contributed by atoms with E-state index in [9.17, 15) is 5.11 Å². The predicted molar refractivity (Wildman–Crippen MR) is 101 cm³/mol. The van der Waals surface area contributed by atoms with Crippen molar-refractivity contribution in [3.05, 3.63) is 64.7 Å². The van der Waals surface area contributed by atoms with Crippen LogP contribution in [0.2, 0.25) is 5.02 Å². The number of ether oxygens (including phenoxy) is 1. The average Bonchev–Trinajstić information content (AvgIpc) is 2.64. The van der Waals surface area contributed by atoms with E-state index in [-0.39, 0.29) is 0 Å². The SMILES string of the molecule is COc1ccc(CN2CCN(C[C@H](O)c3ccccc3Cl)CC2)cc1. The fourth-order valence-electron chi connectivity index (χ4n) is 3.21. The van der Waals surface area contributed by atoms with Gasteiger partial charge in [-0.15, -0.1) is 0 Å². The number of halogens is 1. The number of benzene rings is 2. The Kier molecular flexibility index (Phi) is 6.32. The van der Waals surface area contributed by atoms with Crippen LogP contribution in [-0.4, -0.2) is 54.7 Å². The zero-order chi connectivity index (χ0) is 17.6. The molecule has 0 bridgehead atoms. The molecule has 1 aliphatic rings. The molecule has 0 aromatic heterocycles. The second kappa shape index (κ2) is 8.68. The van der Waals surface area contributed by atoms with Gasteiger partial charge in [-0.2, -0.15) is 0 Å². The van der Waals surface area contributed by atoms with Gasteiger partial charge in [0, 0.05) is 49.9 Å². The van der Waals surface area contributed by atoms with Crippen molar-refractivity contribution >= 4 is 11.6 Å². The number of piperazine rings is 1. The topological polar surface area (TPSA) is 35.9 Å². The minimum atomic E-state index is -0.540. The van der Waals surface area contributed by atoms with Gasteiger partial charge in [0.2, 0.25) is 0 Å². The summed E-state index contributed by atoms with van der Waals surface area (Å²) in [5, 5.41) is 11.1. The highest BCUT2D eigenvalue weighted by molar-refractivity contribution is 6.31. The van der Waals surface area contributed by atoms with Gasteiger partial charge in [0.05, 0.1) is 13.2 Å². The molecule has 1 heterocycles. The van der Waals surface area contributed by atoms with Crippen molar-refractivity contribution in [1.29, 1.82) is 0 Å². The Bertz CT molecular complexity index is 670. The fourth-order valence-corrected chi connectivity index (χ4v) is 3.47. The van der Waals surface area contributed by atoms with Crippen LogP contribution in [0, 0.1) is 0 Å². The molecule has 1 fully saturated rings. The zero-order valence-corrected chi connectivity index (χ0v) is 15.3. The monoisotopic (exact) mass is 360 g/mol. The van der Waals surface area contributed by atoms with E-state index in [1.165, 1.54) is 5.56 Å². The van der Waals surface area contributed by atoms with Crippen LogP contribution in [0.4, 0.5) is 0 Å². The summed E-state index contributed by atoms with van der Waals surface area (Å²) in [5.41, 5.74) is 2.11. The lowest BCUT2D eigenvalue weighted by Crippen LogP contribution is -2.47. The first-order valence-corrected chi connectivity index (χ1v) is 9.03. The van der Waals surface area contributed by atoms with Crippen LogP contribution in [0.15, 0.2) is 48.5 Å². The van der Waals surface area contributed by atoms with Gasteiger partial charge in [0.25, 0.3) is 0 Å². The van der Waals surface area contributed by atoms with Crippen LogP contribution in [0.3, 0.4) is 0 Å². The zero-order valence-electron chi connectivity index (χ0n) is 14.6. The van der Waals surface area contributed by atoms with E-state index in [1.54, 1.807) is 7.11 Å². The molecule has 3 rings (SSSR count). The lowest BCUT2D eigenvalue weighted by atomic mass is 10.1. The lowest BCUT2D eigenvalue weighted by Gasteiger charge is -2.35. The second-order valence-electron chi connectivity index (χ2n) is 6.46. The predicted octanol–water partition coefficient (Wildman–Crippen LogP) is 3.20. The number of aliphatic hydroxyl groups is 1. The van der Waals surface area contributed by atoms with Gasteiger partial charge in [-0.25, -0.2) is 0 Å². The van der Waals surface area contributed by atoms with E-state index in [2.05, 4.69) is 21.9 Å². The summed E-state index contributed by atoms with van der Waals surface area (Å²) in [5.74, 6) is 0.891. The minimum Gasteiger partial charge on any atom is -0.497 e.